The summed E-state index contributed by atoms with van der Waals surface area (Å²) in [5.41, 5.74) is 0. The number of pyridine rings is 1. The molecule has 2 nitrogen and oxygen atoms in total. The molecule has 0 amide bonds. The summed E-state index contributed by atoms with van der Waals surface area (Å²) >= 11 is 5.95. The summed E-state index contributed by atoms with van der Waals surface area (Å²) < 4.78 is 11.2. The Kier molecular flexibility index (Phi) is 2.72. The zero-order chi connectivity index (χ0) is 10.1. The number of halogens is 2. The third kappa shape index (κ3) is 1.63. The van der Waals surface area contributed by atoms with Gasteiger partial charge in [0.1, 0.15) is 10.0 Å². The van der Waals surface area contributed by atoms with Crippen LogP contribution in [0.2, 0.25) is 5.02 Å². The zero-order valence-corrected chi connectivity index (χ0v) is 9.23. The van der Waals surface area contributed by atoms with E-state index in [1.807, 2.05) is 6.07 Å². The first-order valence-electron chi connectivity index (χ1n) is 3.80. The average Bonchev–Trinajstić information content (AvgIpc) is 2.17. The van der Waals surface area contributed by atoms with Crippen LogP contribution in [0, 0.1) is 0 Å². The molecule has 0 N–H and O–H groups in total. The van der Waals surface area contributed by atoms with Crippen molar-refractivity contribution in [3.8, 4) is 0 Å². The number of nitrogens with zero attached hydrogens (tertiary/aromatic N) is 1. The van der Waals surface area contributed by atoms with Crippen LogP contribution in [0.25, 0.3) is 10.8 Å². The van der Waals surface area contributed by atoms with Crippen LogP contribution in [-0.4, -0.2) is 9.19 Å². The van der Waals surface area contributed by atoms with E-state index in [1.165, 1.54) is 6.20 Å². The number of fused-ring (bicyclic) bond motifs is 1. The fraction of sp³-hybridized carbons (Fsp3) is 0. The average molecular weight is 246 g/mol. The normalized spacial score (nSPS) is 13.0. The molecule has 1 atom stereocenters. The standard InChI is InChI=1S/C9H5Cl2NOS/c10-7-5-12-4-6-2-1-3-8(9(6)7)14(11)13/h1-5H. The second kappa shape index (κ2) is 3.85. The molecule has 5 heteroatoms. The van der Waals surface area contributed by atoms with Crippen molar-refractivity contribution < 1.29 is 4.21 Å². The highest BCUT2D eigenvalue weighted by Gasteiger charge is 2.08. The van der Waals surface area contributed by atoms with Crippen molar-refractivity contribution >= 4 is 43.1 Å². The quantitative estimate of drug-likeness (QED) is 0.723. The van der Waals surface area contributed by atoms with Crippen molar-refractivity contribution in [1.29, 1.82) is 0 Å². The number of aromatic nitrogens is 1. The molecule has 72 valence electrons. The van der Waals surface area contributed by atoms with E-state index < -0.39 is 10.0 Å². The summed E-state index contributed by atoms with van der Waals surface area (Å²) in [7, 11) is 3.99. The lowest BCUT2D eigenvalue weighted by molar-refractivity contribution is 0.691. The van der Waals surface area contributed by atoms with Gasteiger partial charge in [-0.15, -0.1) is 0 Å². The van der Waals surface area contributed by atoms with E-state index in [-0.39, 0.29) is 0 Å². The molecule has 1 heterocycles. The van der Waals surface area contributed by atoms with E-state index in [4.69, 9.17) is 22.3 Å². The van der Waals surface area contributed by atoms with Gasteiger partial charge in [0.15, 0.2) is 0 Å². The van der Waals surface area contributed by atoms with E-state index in [1.54, 1.807) is 18.3 Å². The third-order valence-electron chi connectivity index (χ3n) is 1.87. The molecule has 0 bridgehead atoms. The predicted octanol–water partition coefficient (Wildman–Crippen LogP) is 3.15. The Morgan fingerprint density at radius 3 is 2.79 bits per heavy atom. The Bertz CT molecular complexity index is 510. The van der Waals surface area contributed by atoms with E-state index in [0.717, 1.165) is 5.39 Å². The minimum atomic E-state index is -1.55. The fourth-order valence-electron chi connectivity index (χ4n) is 1.29. The summed E-state index contributed by atoms with van der Waals surface area (Å²) in [6, 6.07) is 5.31. The Morgan fingerprint density at radius 2 is 2.07 bits per heavy atom. The molecule has 0 radical (unpaired) electrons. The Hall–Kier alpha value is -0.640. The molecule has 2 aromatic rings. The number of hydrogen-bond acceptors (Lipinski definition) is 2. The predicted molar refractivity (Wildman–Crippen MR) is 59.0 cm³/mol. The van der Waals surface area contributed by atoms with Crippen LogP contribution in [0.1, 0.15) is 0 Å². The fourth-order valence-corrected chi connectivity index (χ4v) is 2.58. The van der Waals surface area contributed by atoms with Crippen LogP contribution in [0.4, 0.5) is 0 Å². The number of hydrogen-bond donors (Lipinski definition) is 0. The summed E-state index contributed by atoms with van der Waals surface area (Å²) in [6.07, 6.45) is 3.17. The number of rotatable bonds is 1. The van der Waals surface area contributed by atoms with E-state index in [2.05, 4.69) is 4.98 Å². The second-order valence-corrected chi connectivity index (χ2v) is 4.83. The topological polar surface area (TPSA) is 30.0 Å². The van der Waals surface area contributed by atoms with Gasteiger partial charge in [0.2, 0.25) is 0 Å². The van der Waals surface area contributed by atoms with Crippen molar-refractivity contribution in [3.63, 3.8) is 0 Å². The van der Waals surface area contributed by atoms with Gasteiger partial charge in [-0.2, -0.15) is 0 Å². The van der Waals surface area contributed by atoms with Crippen LogP contribution >= 0.6 is 22.3 Å². The largest absolute Gasteiger partial charge is 0.263 e. The van der Waals surface area contributed by atoms with Gasteiger partial charge in [-0.3, -0.25) is 4.98 Å². The molecule has 0 aliphatic carbocycles. The summed E-state index contributed by atoms with van der Waals surface area (Å²) in [6.45, 7) is 0. The molecule has 1 aromatic heterocycles. The molecular weight excluding hydrogens is 241 g/mol. The van der Waals surface area contributed by atoms with E-state index in [9.17, 15) is 4.21 Å². The Morgan fingerprint density at radius 1 is 1.29 bits per heavy atom. The lowest BCUT2D eigenvalue weighted by Gasteiger charge is -2.03. The van der Waals surface area contributed by atoms with Crippen molar-refractivity contribution in [2.24, 2.45) is 0 Å². The van der Waals surface area contributed by atoms with Crippen LogP contribution in [0.3, 0.4) is 0 Å². The highest BCUT2D eigenvalue weighted by molar-refractivity contribution is 8.08. The zero-order valence-electron chi connectivity index (χ0n) is 6.91. The molecule has 1 aromatic carbocycles. The molecule has 0 saturated carbocycles. The smallest absolute Gasteiger partial charge is 0.148 e. The first kappa shape index (κ1) is 9.90. The minimum absolute atomic E-state index is 0.465. The molecule has 14 heavy (non-hydrogen) atoms. The molecule has 0 saturated heterocycles. The minimum Gasteiger partial charge on any atom is -0.263 e. The maximum absolute atomic E-state index is 11.2. The Labute approximate surface area is 92.8 Å². The van der Waals surface area contributed by atoms with Gasteiger partial charge in [0, 0.05) is 23.2 Å². The van der Waals surface area contributed by atoms with E-state index >= 15 is 0 Å². The first-order chi connectivity index (χ1) is 6.70. The van der Waals surface area contributed by atoms with Gasteiger partial charge in [-0.1, -0.05) is 23.7 Å². The molecule has 0 aliphatic heterocycles. The molecule has 2 rings (SSSR count). The molecule has 0 aliphatic rings. The van der Waals surface area contributed by atoms with Crippen LogP contribution in [0.15, 0.2) is 35.5 Å². The second-order valence-electron chi connectivity index (χ2n) is 2.70. The van der Waals surface area contributed by atoms with Crippen LogP contribution in [0.5, 0.6) is 0 Å². The van der Waals surface area contributed by atoms with Gasteiger partial charge < -0.3 is 0 Å². The highest BCUT2D eigenvalue weighted by Crippen LogP contribution is 2.28. The van der Waals surface area contributed by atoms with Crippen molar-refractivity contribution in [3.05, 3.63) is 35.6 Å². The lowest BCUT2D eigenvalue weighted by Crippen LogP contribution is -1.86. The summed E-state index contributed by atoms with van der Waals surface area (Å²) in [4.78, 5) is 4.46. The van der Waals surface area contributed by atoms with Gasteiger partial charge in [0.05, 0.1) is 9.92 Å². The highest BCUT2D eigenvalue weighted by atomic mass is 35.7. The van der Waals surface area contributed by atoms with Crippen molar-refractivity contribution in [2.45, 2.75) is 4.90 Å². The van der Waals surface area contributed by atoms with Crippen molar-refractivity contribution in [1.82, 2.24) is 4.98 Å². The first-order valence-corrected chi connectivity index (χ1v) is 6.16. The molecule has 0 fully saturated rings. The Balaban J connectivity index is 2.91. The van der Waals surface area contributed by atoms with Gasteiger partial charge >= 0.3 is 0 Å². The van der Waals surface area contributed by atoms with E-state index in [0.29, 0.717) is 15.3 Å². The maximum atomic E-state index is 11.2. The summed E-state index contributed by atoms with van der Waals surface area (Å²) in [5.74, 6) is 0. The van der Waals surface area contributed by atoms with Crippen LogP contribution in [-0.2, 0) is 10.0 Å². The van der Waals surface area contributed by atoms with Crippen molar-refractivity contribution in [2.75, 3.05) is 0 Å². The third-order valence-corrected chi connectivity index (χ3v) is 3.34. The maximum Gasteiger partial charge on any atom is 0.148 e. The number of benzene rings is 1. The molecular formula is C9H5Cl2NOS. The monoisotopic (exact) mass is 245 g/mol. The summed E-state index contributed by atoms with van der Waals surface area (Å²) in [5, 5.41) is 2.01. The lowest BCUT2D eigenvalue weighted by atomic mass is 10.2. The van der Waals surface area contributed by atoms with Gasteiger partial charge in [-0.05, 0) is 16.7 Å². The molecule has 1 unspecified atom stereocenters. The molecule has 0 spiro atoms. The van der Waals surface area contributed by atoms with Gasteiger partial charge in [-0.25, -0.2) is 4.21 Å². The van der Waals surface area contributed by atoms with Crippen LogP contribution < -0.4 is 0 Å². The van der Waals surface area contributed by atoms with Gasteiger partial charge in [0.25, 0.3) is 0 Å². The SMILES string of the molecule is O=S(Cl)c1cccc2cncc(Cl)c12.